The molecule has 1 aromatic carbocycles. The SMILES string of the molecule is COc1cc(C)c(C)cc1-c1cc(CO)[nH]n1. The second-order valence-corrected chi connectivity index (χ2v) is 4.07. The average Bonchev–Trinajstić information content (AvgIpc) is 2.80. The number of nitrogens with zero attached hydrogens (tertiary/aromatic N) is 1. The van der Waals surface area contributed by atoms with Gasteiger partial charge in [-0.3, -0.25) is 5.10 Å². The second kappa shape index (κ2) is 4.59. The van der Waals surface area contributed by atoms with Crippen LogP contribution < -0.4 is 4.74 Å². The lowest BCUT2D eigenvalue weighted by Gasteiger charge is -2.09. The van der Waals surface area contributed by atoms with E-state index in [0.717, 1.165) is 17.0 Å². The van der Waals surface area contributed by atoms with Crippen LogP contribution in [0.2, 0.25) is 0 Å². The van der Waals surface area contributed by atoms with E-state index in [4.69, 9.17) is 9.84 Å². The number of methoxy groups -OCH3 is 1. The normalized spacial score (nSPS) is 10.6. The van der Waals surface area contributed by atoms with Crippen molar-refractivity contribution >= 4 is 0 Å². The zero-order valence-corrected chi connectivity index (χ0v) is 10.2. The highest BCUT2D eigenvalue weighted by atomic mass is 16.5. The third-order valence-corrected chi connectivity index (χ3v) is 2.89. The summed E-state index contributed by atoms with van der Waals surface area (Å²) in [7, 11) is 1.65. The molecule has 0 bridgehead atoms. The Morgan fingerprint density at radius 3 is 2.53 bits per heavy atom. The van der Waals surface area contributed by atoms with E-state index in [2.05, 4.69) is 17.1 Å². The van der Waals surface area contributed by atoms with E-state index in [9.17, 15) is 0 Å². The van der Waals surface area contributed by atoms with Gasteiger partial charge in [-0.05, 0) is 43.2 Å². The standard InChI is InChI=1S/C13H16N2O2/c1-8-4-11(13(17-3)5-9(8)2)12-6-10(7-16)14-15-12/h4-6,16H,7H2,1-3H3,(H,14,15). The number of H-pyrrole nitrogens is 1. The van der Waals surface area contributed by atoms with Crippen molar-refractivity contribution in [1.82, 2.24) is 10.2 Å². The van der Waals surface area contributed by atoms with Gasteiger partial charge in [0.1, 0.15) is 5.75 Å². The van der Waals surface area contributed by atoms with E-state index in [-0.39, 0.29) is 6.61 Å². The van der Waals surface area contributed by atoms with Gasteiger partial charge in [-0.15, -0.1) is 0 Å². The van der Waals surface area contributed by atoms with Crippen LogP contribution in [0.25, 0.3) is 11.3 Å². The molecule has 90 valence electrons. The smallest absolute Gasteiger partial charge is 0.128 e. The molecule has 17 heavy (non-hydrogen) atoms. The molecule has 2 rings (SSSR count). The van der Waals surface area contributed by atoms with Crippen molar-refractivity contribution in [3.63, 3.8) is 0 Å². The number of hydrogen-bond donors (Lipinski definition) is 2. The first kappa shape index (κ1) is 11.7. The van der Waals surface area contributed by atoms with Gasteiger partial charge in [0.15, 0.2) is 0 Å². The van der Waals surface area contributed by atoms with E-state index in [1.165, 1.54) is 11.1 Å². The third-order valence-electron chi connectivity index (χ3n) is 2.89. The number of aliphatic hydroxyl groups is 1. The Morgan fingerprint density at radius 2 is 1.94 bits per heavy atom. The molecule has 2 N–H and O–H groups in total. The fourth-order valence-corrected chi connectivity index (χ4v) is 1.74. The van der Waals surface area contributed by atoms with Gasteiger partial charge in [0.05, 0.1) is 25.1 Å². The van der Waals surface area contributed by atoms with Crippen molar-refractivity contribution in [3.05, 3.63) is 35.0 Å². The largest absolute Gasteiger partial charge is 0.496 e. The molecule has 0 unspecified atom stereocenters. The summed E-state index contributed by atoms with van der Waals surface area (Å²) in [5.74, 6) is 0.795. The number of ether oxygens (including phenoxy) is 1. The quantitative estimate of drug-likeness (QED) is 0.852. The van der Waals surface area contributed by atoms with Gasteiger partial charge < -0.3 is 9.84 Å². The van der Waals surface area contributed by atoms with Crippen molar-refractivity contribution in [2.45, 2.75) is 20.5 Å². The van der Waals surface area contributed by atoms with Crippen LogP contribution in [0, 0.1) is 13.8 Å². The molecule has 0 aliphatic rings. The van der Waals surface area contributed by atoms with Crippen LogP contribution in [0.3, 0.4) is 0 Å². The van der Waals surface area contributed by atoms with E-state index >= 15 is 0 Å². The van der Waals surface area contributed by atoms with Gasteiger partial charge >= 0.3 is 0 Å². The average molecular weight is 232 g/mol. The molecule has 0 fully saturated rings. The van der Waals surface area contributed by atoms with Crippen LogP contribution >= 0.6 is 0 Å². The number of aryl methyl sites for hydroxylation is 2. The fraction of sp³-hybridized carbons (Fsp3) is 0.308. The van der Waals surface area contributed by atoms with Gasteiger partial charge in [-0.25, -0.2) is 0 Å². The van der Waals surface area contributed by atoms with Crippen molar-refractivity contribution in [2.24, 2.45) is 0 Å². The van der Waals surface area contributed by atoms with Gasteiger partial charge in [0.2, 0.25) is 0 Å². The molecule has 0 amide bonds. The minimum Gasteiger partial charge on any atom is -0.496 e. The van der Waals surface area contributed by atoms with Crippen molar-refractivity contribution in [3.8, 4) is 17.0 Å². The minimum absolute atomic E-state index is 0.0415. The lowest BCUT2D eigenvalue weighted by atomic mass is 10.0. The van der Waals surface area contributed by atoms with Gasteiger partial charge in [-0.1, -0.05) is 0 Å². The summed E-state index contributed by atoms with van der Waals surface area (Å²) in [5, 5.41) is 16.0. The van der Waals surface area contributed by atoms with E-state index in [1.54, 1.807) is 7.11 Å². The number of aromatic amines is 1. The van der Waals surface area contributed by atoms with E-state index < -0.39 is 0 Å². The molecule has 4 nitrogen and oxygen atoms in total. The highest BCUT2D eigenvalue weighted by Gasteiger charge is 2.11. The number of nitrogens with one attached hydrogen (secondary N) is 1. The Bertz CT molecular complexity index is 532. The van der Waals surface area contributed by atoms with Crippen molar-refractivity contribution in [1.29, 1.82) is 0 Å². The Hall–Kier alpha value is -1.81. The van der Waals surface area contributed by atoms with Crippen molar-refractivity contribution < 1.29 is 9.84 Å². The summed E-state index contributed by atoms with van der Waals surface area (Å²) in [5.41, 5.74) is 4.79. The summed E-state index contributed by atoms with van der Waals surface area (Å²) in [4.78, 5) is 0. The summed E-state index contributed by atoms with van der Waals surface area (Å²) in [6.45, 7) is 4.06. The summed E-state index contributed by atoms with van der Waals surface area (Å²) in [6, 6.07) is 5.87. The van der Waals surface area contributed by atoms with E-state index in [0.29, 0.717) is 5.69 Å². The van der Waals surface area contributed by atoms with Gasteiger partial charge in [0.25, 0.3) is 0 Å². The summed E-state index contributed by atoms with van der Waals surface area (Å²) < 4.78 is 5.36. The van der Waals surface area contributed by atoms with Gasteiger partial charge in [0, 0.05) is 5.56 Å². The van der Waals surface area contributed by atoms with Crippen LogP contribution in [0.15, 0.2) is 18.2 Å². The maximum atomic E-state index is 9.02. The molecular formula is C13H16N2O2. The van der Waals surface area contributed by atoms with Crippen molar-refractivity contribution in [2.75, 3.05) is 7.11 Å². The molecular weight excluding hydrogens is 216 g/mol. The Kier molecular flexibility index (Phi) is 3.15. The first-order chi connectivity index (χ1) is 8.15. The minimum atomic E-state index is -0.0415. The van der Waals surface area contributed by atoms with Crippen LogP contribution in [0.4, 0.5) is 0 Å². The Labute approximate surface area is 100 Å². The number of hydrogen-bond acceptors (Lipinski definition) is 3. The lowest BCUT2D eigenvalue weighted by Crippen LogP contribution is -1.91. The topological polar surface area (TPSA) is 58.1 Å². The third kappa shape index (κ3) is 2.17. The second-order valence-electron chi connectivity index (χ2n) is 4.07. The van der Waals surface area contributed by atoms with Crippen LogP contribution in [-0.4, -0.2) is 22.4 Å². The first-order valence-electron chi connectivity index (χ1n) is 5.46. The summed E-state index contributed by atoms with van der Waals surface area (Å²) in [6.07, 6.45) is 0. The number of aliphatic hydroxyl groups excluding tert-OH is 1. The molecule has 0 aliphatic carbocycles. The van der Waals surface area contributed by atoms with Crippen LogP contribution in [-0.2, 0) is 6.61 Å². The predicted octanol–water partition coefficient (Wildman–Crippen LogP) is 2.19. The van der Waals surface area contributed by atoms with Crippen LogP contribution in [0.1, 0.15) is 16.8 Å². The number of benzene rings is 1. The maximum Gasteiger partial charge on any atom is 0.128 e. The Balaban J connectivity index is 2.53. The fourth-order valence-electron chi connectivity index (χ4n) is 1.74. The Morgan fingerprint density at radius 1 is 1.24 bits per heavy atom. The summed E-state index contributed by atoms with van der Waals surface area (Å²) >= 11 is 0. The molecule has 0 aliphatic heterocycles. The molecule has 1 heterocycles. The molecule has 2 aromatic rings. The zero-order valence-electron chi connectivity index (χ0n) is 10.2. The molecule has 1 aromatic heterocycles. The maximum absolute atomic E-state index is 9.02. The number of aromatic nitrogens is 2. The molecule has 0 radical (unpaired) electrons. The molecule has 0 saturated carbocycles. The molecule has 0 spiro atoms. The highest BCUT2D eigenvalue weighted by Crippen LogP contribution is 2.31. The number of rotatable bonds is 3. The molecule has 0 atom stereocenters. The molecule has 0 saturated heterocycles. The van der Waals surface area contributed by atoms with E-state index in [1.807, 2.05) is 25.1 Å². The molecule has 4 heteroatoms. The predicted molar refractivity (Wildman–Crippen MR) is 66.0 cm³/mol. The monoisotopic (exact) mass is 232 g/mol. The van der Waals surface area contributed by atoms with Gasteiger partial charge in [-0.2, -0.15) is 5.10 Å². The first-order valence-corrected chi connectivity index (χ1v) is 5.46. The highest BCUT2D eigenvalue weighted by molar-refractivity contribution is 5.69. The van der Waals surface area contributed by atoms with Crippen LogP contribution in [0.5, 0.6) is 5.75 Å². The lowest BCUT2D eigenvalue weighted by molar-refractivity contribution is 0.276. The zero-order chi connectivity index (χ0) is 12.4.